The first-order valence-corrected chi connectivity index (χ1v) is 8.76. The van der Waals surface area contributed by atoms with Gasteiger partial charge in [0, 0.05) is 12.7 Å². The Bertz CT molecular complexity index is 933. The van der Waals surface area contributed by atoms with Gasteiger partial charge in [-0.15, -0.1) is 0 Å². The number of nitrogens with one attached hydrogen (secondary N) is 2. The van der Waals surface area contributed by atoms with E-state index in [2.05, 4.69) is 20.6 Å². The highest BCUT2D eigenvalue weighted by Crippen LogP contribution is 2.32. The molecule has 2 aromatic carbocycles. The molecule has 1 aliphatic heterocycles. The van der Waals surface area contributed by atoms with Crippen molar-refractivity contribution in [1.29, 1.82) is 0 Å². The molecule has 0 fully saturated rings. The highest BCUT2D eigenvalue weighted by atomic mass is 16.7. The average molecular weight is 364 g/mol. The summed E-state index contributed by atoms with van der Waals surface area (Å²) >= 11 is 0. The molecule has 0 saturated carbocycles. The molecule has 27 heavy (non-hydrogen) atoms. The van der Waals surface area contributed by atoms with Crippen LogP contribution in [-0.2, 0) is 6.54 Å². The van der Waals surface area contributed by atoms with Gasteiger partial charge >= 0.3 is 0 Å². The molecule has 0 bridgehead atoms. The Morgan fingerprint density at radius 3 is 2.89 bits per heavy atom. The van der Waals surface area contributed by atoms with Gasteiger partial charge in [0.2, 0.25) is 12.7 Å². The van der Waals surface area contributed by atoms with E-state index in [1.54, 1.807) is 6.20 Å². The van der Waals surface area contributed by atoms with E-state index in [0.29, 0.717) is 24.9 Å². The lowest BCUT2D eigenvalue weighted by Gasteiger charge is -2.12. The van der Waals surface area contributed by atoms with E-state index in [1.165, 1.54) is 0 Å². The van der Waals surface area contributed by atoms with Crippen LogP contribution in [0.1, 0.15) is 12.5 Å². The Morgan fingerprint density at radius 2 is 1.96 bits per heavy atom. The molecule has 0 unspecified atom stereocenters. The van der Waals surface area contributed by atoms with Crippen molar-refractivity contribution in [2.75, 3.05) is 24.0 Å². The van der Waals surface area contributed by atoms with E-state index in [0.717, 1.165) is 28.5 Å². The lowest BCUT2D eigenvalue weighted by molar-refractivity contribution is 0.174. The zero-order chi connectivity index (χ0) is 18.5. The molecule has 7 nitrogen and oxygen atoms in total. The van der Waals surface area contributed by atoms with Gasteiger partial charge in [-0.25, -0.2) is 4.98 Å². The Balaban J connectivity index is 1.43. The van der Waals surface area contributed by atoms with Crippen LogP contribution in [0.5, 0.6) is 17.2 Å². The maximum absolute atomic E-state index is 5.64. The molecule has 0 spiro atoms. The molecule has 138 valence electrons. The summed E-state index contributed by atoms with van der Waals surface area (Å²) in [5.41, 5.74) is 1.92. The number of para-hydroxylation sites is 2. The van der Waals surface area contributed by atoms with Crippen molar-refractivity contribution in [3.8, 4) is 17.2 Å². The number of rotatable bonds is 7. The number of hydrogen-bond acceptors (Lipinski definition) is 7. The van der Waals surface area contributed by atoms with E-state index in [-0.39, 0.29) is 6.79 Å². The summed E-state index contributed by atoms with van der Waals surface area (Å²) in [5.74, 6) is 3.54. The van der Waals surface area contributed by atoms with Gasteiger partial charge in [-0.3, -0.25) is 0 Å². The third kappa shape index (κ3) is 4.03. The van der Waals surface area contributed by atoms with Crippen LogP contribution >= 0.6 is 0 Å². The quantitative estimate of drug-likeness (QED) is 0.657. The van der Waals surface area contributed by atoms with Gasteiger partial charge in [0.15, 0.2) is 11.5 Å². The number of aromatic nitrogens is 2. The summed E-state index contributed by atoms with van der Waals surface area (Å²) in [6.07, 6.45) is 1.71. The molecule has 0 atom stereocenters. The molecule has 0 amide bonds. The summed E-state index contributed by atoms with van der Waals surface area (Å²) in [6, 6.07) is 15.4. The Morgan fingerprint density at radius 1 is 1.07 bits per heavy atom. The lowest BCUT2D eigenvalue weighted by Crippen LogP contribution is -2.05. The fourth-order valence-electron chi connectivity index (χ4n) is 2.73. The van der Waals surface area contributed by atoms with Gasteiger partial charge in [-0.05, 0) is 42.8 Å². The summed E-state index contributed by atoms with van der Waals surface area (Å²) < 4.78 is 16.4. The number of benzene rings is 2. The Kier molecular flexibility index (Phi) is 4.91. The number of nitrogens with zero attached hydrogens (tertiary/aromatic N) is 2. The first-order chi connectivity index (χ1) is 13.3. The first-order valence-electron chi connectivity index (χ1n) is 8.76. The van der Waals surface area contributed by atoms with E-state index in [1.807, 2.05) is 55.5 Å². The monoisotopic (exact) mass is 364 g/mol. The van der Waals surface area contributed by atoms with Crippen LogP contribution in [-0.4, -0.2) is 23.4 Å². The van der Waals surface area contributed by atoms with E-state index < -0.39 is 0 Å². The molecule has 1 aromatic heterocycles. The predicted octanol–water partition coefficient (Wildman–Crippen LogP) is 3.96. The third-order valence-corrected chi connectivity index (χ3v) is 3.99. The van der Waals surface area contributed by atoms with Crippen LogP contribution in [0.3, 0.4) is 0 Å². The van der Waals surface area contributed by atoms with Crippen molar-refractivity contribution in [3.63, 3.8) is 0 Å². The van der Waals surface area contributed by atoms with Crippen LogP contribution in [0.25, 0.3) is 0 Å². The molecule has 1 aliphatic rings. The first kappa shape index (κ1) is 17.0. The summed E-state index contributed by atoms with van der Waals surface area (Å²) in [7, 11) is 0. The fourth-order valence-corrected chi connectivity index (χ4v) is 2.73. The highest BCUT2D eigenvalue weighted by Gasteiger charge is 2.13. The van der Waals surface area contributed by atoms with Crippen LogP contribution in [0.4, 0.5) is 17.5 Å². The van der Waals surface area contributed by atoms with Crippen LogP contribution < -0.4 is 24.8 Å². The van der Waals surface area contributed by atoms with Crippen LogP contribution in [0.2, 0.25) is 0 Å². The van der Waals surface area contributed by atoms with Crippen molar-refractivity contribution in [3.05, 3.63) is 60.3 Å². The summed E-state index contributed by atoms with van der Waals surface area (Å²) in [6.45, 7) is 3.41. The Labute approximate surface area is 157 Å². The normalized spacial score (nSPS) is 11.9. The van der Waals surface area contributed by atoms with Crippen molar-refractivity contribution in [2.24, 2.45) is 0 Å². The van der Waals surface area contributed by atoms with Crippen molar-refractivity contribution >= 4 is 17.5 Å². The average Bonchev–Trinajstić information content (AvgIpc) is 3.16. The molecular formula is C20H20N4O3. The van der Waals surface area contributed by atoms with Gasteiger partial charge in [0.1, 0.15) is 11.6 Å². The van der Waals surface area contributed by atoms with Gasteiger partial charge in [0.25, 0.3) is 0 Å². The molecular weight excluding hydrogens is 344 g/mol. The number of hydrogen-bond donors (Lipinski definition) is 2. The highest BCUT2D eigenvalue weighted by molar-refractivity contribution is 5.64. The molecule has 0 saturated heterocycles. The Hall–Kier alpha value is -3.48. The standard InChI is InChI=1S/C20H20N4O3/c1-2-25-16-6-4-3-5-15(16)23-19-9-10-21-20(24-19)22-12-14-7-8-17-18(11-14)27-13-26-17/h3-11H,2,12-13H2,1H3,(H2,21,22,23,24). The molecule has 0 aliphatic carbocycles. The molecule has 3 aromatic rings. The topological polar surface area (TPSA) is 77.5 Å². The molecule has 2 N–H and O–H groups in total. The molecule has 0 radical (unpaired) electrons. The SMILES string of the molecule is CCOc1ccccc1Nc1ccnc(NCc2ccc3c(c2)OCO3)n1. The predicted molar refractivity (Wildman–Crippen MR) is 103 cm³/mol. The molecule has 7 heteroatoms. The fraction of sp³-hybridized carbons (Fsp3) is 0.200. The smallest absolute Gasteiger partial charge is 0.231 e. The largest absolute Gasteiger partial charge is 0.492 e. The minimum absolute atomic E-state index is 0.270. The van der Waals surface area contributed by atoms with Crippen molar-refractivity contribution in [2.45, 2.75) is 13.5 Å². The number of fused-ring (bicyclic) bond motifs is 1. The summed E-state index contributed by atoms with van der Waals surface area (Å²) in [4.78, 5) is 8.79. The third-order valence-electron chi connectivity index (χ3n) is 3.99. The maximum Gasteiger partial charge on any atom is 0.231 e. The second-order valence-corrected chi connectivity index (χ2v) is 5.86. The maximum atomic E-state index is 5.64. The van der Waals surface area contributed by atoms with Crippen molar-refractivity contribution < 1.29 is 14.2 Å². The summed E-state index contributed by atoms with van der Waals surface area (Å²) in [5, 5.41) is 6.51. The number of anilines is 3. The molecule has 4 rings (SSSR count). The lowest BCUT2D eigenvalue weighted by atomic mass is 10.2. The van der Waals surface area contributed by atoms with Crippen molar-refractivity contribution in [1.82, 2.24) is 9.97 Å². The van der Waals surface area contributed by atoms with E-state index in [9.17, 15) is 0 Å². The van der Waals surface area contributed by atoms with E-state index in [4.69, 9.17) is 14.2 Å². The molecule has 2 heterocycles. The minimum Gasteiger partial charge on any atom is -0.492 e. The zero-order valence-corrected chi connectivity index (χ0v) is 14.9. The second-order valence-electron chi connectivity index (χ2n) is 5.86. The van der Waals surface area contributed by atoms with Gasteiger partial charge in [0.05, 0.1) is 12.3 Å². The zero-order valence-electron chi connectivity index (χ0n) is 14.9. The second kappa shape index (κ2) is 7.82. The van der Waals surface area contributed by atoms with Crippen LogP contribution in [0, 0.1) is 0 Å². The van der Waals surface area contributed by atoms with Crippen LogP contribution in [0.15, 0.2) is 54.7 Å². The van der Waals surface area contributed by atoms with Gasteiger partial charge in [-0.2, -0.15) is 4.98 Å². The number of ether oxygens (including phenoxy) is 3. The van der Waals surface area contributed by atoms with E-state index >= 15 is 0 Å². The van der Waals surface area contributed by atoms with Gasteiger partial charge in [-0.1, -0.05) is 18.2 Å². The minimum atomic E-state index is 0.270. The van der Waals surface area contributed by atoms with Gasteiger partial charge < -0.3 is 24.8 Å².